The van der Waals surface area contributed by atoms with E-state index in [9.17, 15) is 0 Å². The second-order valence-corrected chi connectivity index (χ2v) is 17.7. The van der Waals surface area contributed by atoms with E-state index in [0.717, 1.165) is 95.3 Å². The van der Waals surface area contributed by atoms with Crippen LogP contribution in [0.4, 0.5) is 0 Å². The van der Waals surface area contributed by atoms with Gasteiger partial charge in [-0.05, 0) is 159 Å². The molecular formula is C62H76N2S2. The summed E-state index contributed by atoms with van der Waals surface area (Å²) in [7, 11) is 0. The molecule has 346 valence electrons. The van der Waals surface area contributed by atoms with E-state index in [0.29, 0.717) is 0 Å². The summed E-state index contributed by atoms with van der Waals surface area (Å²) < 4.78 is 0. The summed E-state index contributed by atoms with van der Waals surface area (Å²) in [6.07, 6.45) is 28.1. The van der Waals surface area contributed by atoms with E-state index in [1.165, 1.54) is 55.7 Å². The third-order valence-corrected chi connectivity index (χ3v) is 12.1. The Morgan fingerprint density at radius 3 is 1.68 bits per heavy atom. The van der Waals surface area contributed by atoms with E-state index in [2.05, 4.69) is 185 Å². The van der Waals surface area contributed by atoms with Crippen LogP contribution >= 0.6 is 24.4 Å². The Morgan fingerprint density at radius 1 is 0.636 bits per heavy atom. The third-order valence-electron chi connectivity index (χ3n) is 11.6. The SMILES string of the molecule is C=C(C)c1cc(C2=CC=C(/C=C(\C)C(=C)N(CCc3ccccc3)C(C)=S)C2)ccc1C.C=Cc1cccc(C2=CC=C(/C=C(\C)C(=C)N(CCC3=CCCC=C3)C(C)=S)C2)c1.CC.CC. The molecule has 0 aromatic heterocycles. The predicted octanol–water partition coefficient (Wildman–Crippen LogP) is 18.0. The normalized spacial score (nSPS) is 13.9. The molecule has 0 radical (unpaired) electrons. The van der Waals surface area contributed by atoms with Crippen molar-refractivity contribution in [1.29, 1.82) is 0 Å². The van der Waals surface area contributed by atoms with Gasteiger partial charge in [0.1, 0.15) is 0 Å². The Bertz CT molecular complexity index is 2470. The molecule has 66 heavy (non-hydrogen) atoms. The van der Waals surface area contributed by atoms with Crippen LogP contribution in [0.15, 0.2) is 193 Å². The zero-order valence-electron chi connectivity index (χ0n) is 41.9. The van der Waals surface area contributed by atoms with Crippen LogP contribution in [-0.2, 0) is 6.42 Å². The van der Waals surface area contributed by atoms with Gasteiger partial charge in [0.2, 0.25) is 0 Å². The van der Waals surface area contributed by atoms with Gasteiger partial charge in [-0.25, -0.2) is 0 Å². The molecule has 4 heteroatoms. The van der Waals surface area contributed by atoms with Crippen LogP contribution in [-0.4, -0.2) is 32.9 Å². The van der Waals surface area contributed by atoms with Crippen molar-refractivity contribution in [3.8, 4) is 0 Å². The minimum Gasteiger partial charge on any atom is -0.336 e. The Hall–Kier alpha value is -5.68. The summed E-state index contributed by atoms with van der Waals surface area (Å²) in [5.74, 6) is 0. The molecule has 2 nitrogen and oxygen atoms in total. The van der Waals surface area contributed by atoms with Gasteiger partial charge < -0.3 is 9.80 Å². The molecule has 6 rings (SSSR count). The van der Waals surface area contributed by atoms with Crippen molar-refractivity contribution >= 4 is 57.2 Å². The van der Waals surface area contributed by atoms with Crippen molar-refractivity contribution < 1.29 is 0 Å². The second-order valence-electron chi connectivity index (χ2n) is 16.5. The molecule has 3 aromatic carbocycles. The zero-order chi connectivity index (χ0) is 48.8. The van der Waals surface area contributed by atoms with E-state index in [1.54, 1.807) is 0 Å². The lowest BCUT2D eigenvalue weighted by Crippen LogP contribution is -2.29. The highest BCUT2D eigenvalue weighted by Crippen LogP contribution is 2.33. The summed E-state index contributed by atoms with van der Waals surface area (Å²) in [6, 6.07) is 25.7. The molecule has 0 saturated heterocycles. The number of thiocarbonyl (C=S) groups is 2. The largest absolute Gasteiger partial charge is 0.336 e. The maximum Gasteiger partial charge on any atom is 0.0792 e. The fraction of sp³-hybridized carbons (Fsp3) is 0.290. The van der Waals surface area contributed by atoms with Gasteiger partial charge in [-0.2, -0.15) is 0 Å². The molecule has 0 N–H and O–H groups in total. The summed E-state index contributed by atoms with van der Waals surface area (Å²) >= 11 is 11.1. The van der Waals surface area contributed by atoms with Gasteiger partial charge >= 0.3 is 0 Å². The molecule has 3 aromatic rings. The van der Waals surface area contributed by atoms with Crippen LogP contribution in [0.2, 0.25) is 0 Å². The lowest BCUT2D eigenvalue weighted by atomic mass is 9.95. The highest BCUT2D eigenvalue weighted by molar-refractivity contribution is 7.80. The van der Waals surface area contributed by atoms with Crippen molar-refractivity contribution in [2.24, 2.45) is 0 Å². The summed E-state index contributed by atoms with van der Waals surface area (Å²) in [6.45, 7) is 38.8. The monoisotopic (exact) mass is 913 g/mol. The van der Waals surface area contributed by atoms with Gasteiger partial charge in [-0.3, -0.25) is 0 Å². The minimum atomic E-state index is 0.832. The van der Waals surface area contributed by atoms with E-state index in [4.69, 9.17) is 24.4 Å². The Balaban J connectivity index is 0.000000326. The highest BCUT2D eigenvalue weighted by Gasteiger charge is 2.17. The van der Waals surface area contributed by atoms with Crippen LogP contribution in [0.5, 0.6) is 0 Å². The van der Waals surface area contributed by atoms with Crippen LogP contribution in [0, 0.1) is 6.92 Å². The molecule has 3 aliphatic carbocycles. The molecule has 0 heterocycles. The maximum absolute atomic E-state index is 5.54. The lowest BCUT2D eigenvalue weighted by molar-refractivity contribution is 0.530. The van der Waals surface area contributed by atoms with Crippen LogP contribution in [0.1, 0.15) is 128 Å². The number of nitrogens with zero attached hydrogens (tertiary/aromatic N) is 2. The Labute approximate surface area is 412 Å². The zero-order valence-corrected chi connectivity index (χ0v) is 43.5. The molecule has 3 aliphatic rings. The van der Waals surface area contributed by atoms with E-state index < -0.39 is 0 Å². The quantitative estimate of drug-likeness (QED) is 0.104. The van der Waals surface area contributed by atoms with Gasteiger partial charge in [0.25, 0.3) is 0 Å². The number of rotatable bonds is 16. The number of hydrogen-bond acceptors (Lipinski definition) is 2. The van der Waals surface area contributed by atoms with Gasteiger partial charge in [0, 0.05) is 24.5 Å². The van der Waals surface area contributed by atoms with Gasteiger partial charge in [-0.15, -0.1) is 0 Å². The van der Waals surface area contributed by atoms with E-state index in [1.807, 2.05) is 53.7 Å². The molecular weight excluding hydrogens is 837 g/mol. The standard InChI is InChI=1S/C30H33NS.C28H31NS.2C2H6/c1-21(2)30-20-29(14-12-22(30)3)28-15-13-27(19-28)18-23(4)24(5)31(25(6)32)17-16-26-10-8-7-9-11-26;1-5-24-12-9-13-27(19-24)28-15-14-26(20-28)18-21(2)22(3)29(23(4)30)17-16-25-10-7-6-8-11-25;2*1-2/h7-15,18,20H,1,5,16-17,19H2,2-4,6H3;5,7,9-15,18-19H,1,3,6,8,16-17,20H2,2,4H3;2*1-2H3/b23-18+;21-18+;;. The van der Waals surface area contributed by atoms with Crippen LogP contribution in [0.3, 0.4) is 0 Å². The first kappa shape index (κ1) is 54.7. The van der Waals surface area contributed by atoms with Crippen molar-refractivity contribution in [3.05, 3.63) is 226 Å². The maximum atomic E-state index is 5.54. The summed E-state index contributed by atoms with van der Waals surface area (Å²) in [5.41, 5.74) is 19.5. The van der Waals surface area contributed by atoms with Crippen molar-refractivity contribution in [3.63, 3.8) is 0 Å². The molecule has 0 unspecified atom stereocenters. The first-order chi connectivity index (χ1) is 31.7. The van der Waals surface area contributed by atoms with Gasteiger partial charge in [0.15, 0.2) is 0 Å². The molecule has 0 spiro atoms. The lowest BCUT2D eigenvalue weighted by Gasteiger charge is -2.27. The first-order valence-electron chi connectivity index (χ1n) is 23.7. The Morgan fingerprint density at radius 2 is 1.18 bits per heavy atom. The predicted molar refractivity (Wildman–Crippen MR) is 303 cm³/mol. The van der Waals surface area contributed by atoms with Crippen LogP contribution in [0.25, 0.3) is 22.8 Å². The molecule has 0 fully saturated rings. The average Bonchev–Trinajstić information content (AvgIpc) is 4.01. The van der Waals surface area contributed by atoms with Crippen molar-refractivity contribution in [1.82, 2.24) is 9.80 Å². The molecule has 0 aliphatic heterocycles. The van der Waals surface area contributed by atoms with Crippen LogP contribution < -0.4 is 0 Å². The fourth-order valence-electron chi connectivity index (χ4n) is 7.93. The third kappa shape index (κ3) is 16.6. The molecule has 0 atom stereocenters. The van der Waals surface area contributed by atoms with E-state index in [-0.39, 0.29) is 0 Å². The minimum absolute atomic E-state index is 0.832. The summed E-state index contributed by atoms with van der Waals surface area (Å²) in [5, 5.41) is 0. The fourth-order valence-corrected chi connectivity index (χ4v) is 8.33. The number of aryl methyl sites for hydroxylation is 1. The molecule has 0 amide bonds. The highest BCUT2D eigenvalue weighted by atomic mass is 32.1. The van der Waals surface area contributed by atoms with E-state index >= 15 is 0 Å². The number of hydrogen-bond donors (Lipinski definition) is 0. The summed E-state index contributed by atoms with van der Waals surface area (Å²) in [4.78, 5) is 6.04. The smallest absolute Gasteiger partial charge is 0.0792 e. The first-order valence-corrected chi connectivity index (χ1v) is 24.6. The Kier molecular flexibility index (Phi) is 23.5. The number of allylic oxidation sites excluding steroid dienone is 16. The van der Waals surface area contributed by atoms with Crippen molar-refractivity contribution in [2.75, 3.05) is 13.1 Å². The van der Waals surface area contributed by atoms with Crippen molar-refractivity contribution in [2.45, 2.75) is 108 Å². The second kappa shape index (κ2) is 28.4. The van der Waals surface area contributed by atoms with Gasteiger partial charge in [-0.1, -0.05) is 211 Å². The molecule has 0 bridgehead atoms. The number of benzene rings is 3. The molecule has 0 saturated carbocycles. The average molecular weight is 913 g/mol. The topological polar surface area (TPSA) is 6.48 Å². The van der Waals surface area contributed by atoms with Gasteiger partial charge in [0.05, 0.1) is 9.98 Å².